The van der Waals surface area contributed by atoms with Gasteiger partial charge in [-0.25, -0.2) is 15.1 Å². The molecule has 1 aliphatic rings. The Labute approximate surface area is 180 Å². The molecular formula is C23H26N2O6. The number of hydroxylamine groups is 1. The number of amides is 2. The van der Waals surface area contributed by atoms with Gasteiger partial charge in [-0.1, -0.05) is 62.4 Å². The van der Waals surface area contributed by atoms with E-state index in [0.29, 0.717) is 6.42 Å². The lowest BCUT2D eigenvalue weighted by Crippen LogP contribution is -2.40. The highest BCUT2D eigenvalue weighted by Gasteiger charge is 2.30. The summed E-state index contributed by atoms with van der Waals surface area (Å²) in [6, 6.07) is 16.2. The Bertz CT molecular complexity index is 927. The smallest absolute Gasteiger partial charge is 0.407 e. The molecule has 8 nitrogen and oxygen atoms in total. The Morgan fingerprint density at radius 2 is 1.58 bits per heavy atom. The second-order valence-corrected chi connectivity index (χ2v) is 8.00. The van der Waals surface area contributed by atoms with Crippen LogP contribution in [0.5, 0.6) is 0 Å². The summed E-state index contributed by atoms with van der Waals surface area (Å²) in [6.07, 6.45) is -0.236. The Kier molecular flexibility index (Phi) is 6.91. The zero-order valence-electron chi connectivity index (χ0n) is 17.5. The van der Waals surface area contributed by atoms with Crippen molar-refractivity contribution in [3.8, 4) is 11.1 Å². The van der Waals surface area contributed by atoms with Gasteiger partial charge >= 0.3 is 12.1 Å². The molecule has 2 amide bonds. The van der Waals surface area contributed by atoms with E-state index in [0.717, 1.165) is 22.3 Å². The molecule has 2 aromatic rings. The number of carbonyl (C=O) groups excluding carboxylic acids is 2. The van der Waals surface area contributed by atoms with Crippen LogP contribution in [0.1, 0.15) is 37.3 Å². The highest BCUT2D eigenvalue weighted by atomic mass is 16.7. The van der Waals surface area contributed by atoms with E-state index in [2.05, 4.69) is 39.9 Å². The van der Waals surface area contributed by atoms with Gasteiger partial charge in [0, 0.05) is 17.9 Å². The Morgan fingerprint density at radius 1 is 1.00 bits per heavy atom. The van der Waals surface area contributed by atoms with Crippen molar-refractivity contribution in [2.45, 2.75) is 26.2 Å². The molecule has 2 aromatic carbocycles. The minimum absolute atomic E-state index is 0.0215. The summed E-state index contributed by atoms with van der Waals surface area (Å²) in [7, 11) is 0. The van der Waals surface area contributed by atoms with Gasteiger partial charge in [-0.05, 0) is 28.7 Å². The van der Waals surface area contributed by atoms with Crippen LogP contribution in [0, 0.1) is 5.41 Å². The average molecular weight is 426 g/mol. The SMILES string of the molecule is CC(C)(CCNC(=O)OCC1c2ccccc2-c2ccccc21)C(=O)NOCC(=O)O. The van der Waals surface area contributed by atoms with Gasteiger partial charge in [0.05, 0.1) is 0 Å². The lowest BCUT2D eigenvalue weighted by atomic mass is 9.88. The van der Waals surface area contributed by atoms with Crippen LogP contribution >= 0.6 is 0 Å². The normalized spacial score (nSPS) is 12.6. The molecule has 0 saturated heterocycles. The van der Waals surface area contributed by atoms with Gasteiger partial charge in [-0.2, -0.15) is 0 Å². The predicted molar refractivity (Wildman–Crippen MR) is 113 cm³/mol. The molecule has 0 saturated carbocycles. The van der Waals surface area contributed by atoms with Crippen LogP contribution in [-0.2, 0) is 19.2 Å². The summed E-state index contributed by atoms with van der Waals surface area (Å²) in [5, 5.41) is 11.2. The number of carbonyl (C=O) groups is 3. The monoisotopic (exact) mass is 426 g/mol. The Hall–Kier alpha value is -3.39. The third-order valence-corrected chi connectivity index (χ3v) is 5.34. The topological polar surface area (TPSA) is 114 Å². The van der Waals surface area contributed by atoms with Crippen LogP contribution in [0.15, 0.2) is 48.5 Å². The minimum atomic E-state index is -1.19. The first-order valence-electron chi connectivity index (χ1n) is 10.0. The predicted octanol–water partition coefficient (Wildman–Crippen LogP) is 3.07. The number of carboxylic acid groups (broad SMARTS) is 1. The zero-order valence-corrected chi connectivity index (χ0v) is 17.5. The van der Waals surface area contributed by atoms with Crippen molar-refractivity contribution >= 4 is 18.0 Å². The molecule has 0 aliphatic heterocycles. The van der Waals surface area contributed by atoms with Gasteiger partial charge in [-0.3, -0.25) is 9.63 Å². The van der Waals surface area contributed by atoms with Crippen molar-refractivity contribution in [1.29, 1.82) is 0 Å². The van der Waals surface area contributed by atoms with Crippen molar-refractivity contribution in [2.75, 3.05) is 19.8 Å². The van der Waals surface area contributed by atoms with Crippen LogP contribution in [0.25, 0.3) is 11.1 Å². The van der Waals surface area contributed by atoms with E-state index in [1.54, 1.807) is 13.8 Å². The molecule has 0 bridgehead atoms. The maximum Gasteiger partial charge on any atom is 0.407 e. The number of hydrogen-bond donors (Lipinski definition) is 3. The minimum Gasteiger partial charge on any atom is -0.479 e. The fourth-order valence-electron chi connectivity index (χ4n) is 3.54. The molecular weight excluding hydrogens is 400 g/mol. The quantitative estimate of drug-likeness (QED) is 0.531. The first-order valence-corrected chi connectivity index (χ1v) is 10.0. The third kappa shape index (κ3) is 5.40. The number of hydrogen-bond acceptors (Lipinski definition) is 5. The van der Waals surface area contributed by atoms with Gasteiger partial charge in [0.25, 0.3) is 0 Å². The average Bonchev–Trinajstić information content (AvgIpc) is 3.05. The lowest BCUT2D eigenvalue weighted by Gasteiger charge is -2.23. The fourth-order valence-corrected chi connectivity index (χ4v) is 3.54. The first-order chi connectivity index (χ1) is 14.8. The van der Waals surface area contributed by atoms with Gasteiger partial charge < -0.3 is 15.2 Å². The summed E-state index contributed by atoms with van der Waals surface area (Å²) >= 11 is 0. The number of carboxylic acids is 1. The van der Waals surface area contributed by atoms with E-state index in [-0.39, 0.29) is 19.1 Å². The Balaban J connectivity index is 1.48. The molecule has 31 heavy (non-hydrogen) atoms. The van der Waals surface area contributed by atoms with Crippen molar-refractivity contribution in [1.82, 2.24) is 10.8 Å². The van der Waals surface area contributed by atoms with Gasteiger partial charge in [0.2, 0.25) is 5.91 Å². The second-order valence-electron chi connectivity index (χ2n) is 8.00. The number of ether oxygens (including phenoxy) is 1. The molecule has 0 fully saturated rings. The van der Waals surface area contributed by atoms with E-state index in [4.69, 9.17) is 9.84 Å². The summed E-state index contributed by atoms with van der Waals surface area (Å²) in [5.74, 6) is -1.68. The number of aliphatic carboxylic acids is 1. The number of alkyl carbamates (subject to hydrolysis) is 1. The van der Waals surface area contributed by atoms with E-state index in [1.807, 2.05) is 24.3 Å². The molecule has 8 heteroatoms. The summed E-state index contributed by atoms with van der Waals surface area (Å²) in [5.41, 5.74) is 5.83. The molecule has 1 aliphatic carbocycles. The van der Waals surface area contributed by atoms with Gasteiger partial charge in [-0.15, -0.1) is 0 Å². The largest absolute Gasteiger partial charge is 0.479 e. The van der Waals surface area contributed by atoms with Crippen LogP contribution in [0.4, 0.5) is 4.79 Å². The number of rotatable bonds is 9. The summed E-state index contributed by atoms with van der Waals surface area (Å²) < 4.78 is 5.47. The van der Waals surface area contributed by atoms with Crippen molar-refractivity contribution in [3.63, 3.8) is 0 Å². The first kappa shape index (κ1) is 22.3. The Morgan fingerprint density at radius 3 is 2.16 bits per heavy atom. The molecule has 3 N–H and O–H groups in total. The highest BCUT2D eigenvalue weighted by Crippen LogP contribution is 2.44. The maximum atomic E-state index is 12.2. The van der Waals surface area contributed by atoms with E-state index in [1.165, 1.54) is 0 Å². The molecule has 164 valence electrons. The molecule has 0 heterocycles. The van der Waals surface area contributed by atoms with Crippen molar-refractivity contribution < 1.29 is 29.1 Å². The molecule has 0 aromatic heterocycles. The molecule has 0 atom stereocenters. The zero-order chi connectivity index (χ0) is 22.4. The molecule has 0 unspecified atom stereocenters. The second kappa shape index (κ2) is 9.61. The third-order valence-electron chi connectivity index (χ3n) is 5.34. The fraction of sp³-hybridized carbons (Fsp3) is 0.348. The van der Waals surface area contributed by atoms with Gasteiger partial charge in [0.15, 0.2) is 6.61 Å². The van der Waals surface area contributed by atoms with Crippen LogP contribution in [0.2, 0.25) is 0 Å². The van der Waals surface area contributed by atoms with Crippen LogP contribution < -0.4 is 10.8 Å². The van der Waals surface area contributed by atoms with E-state index < -0.39 is 30.0 Å². The van der Waals surface area contributed by atoms with Crippen molar-refractivity contribution in [3.05, 3.63) is 59.7 Å². The highest BCUT2D eigenvalue weighted by molar-refractivity contribution is 5.81. The summed E-state index contributed by atoms with van der Waals surface area (Å²) in [4.78, 5) is 39.3. The molecule has 3 rings (SSSR count). The van der Waals surface area contributed by atoms with Gasteiger partial charge in [0.1, 0.15) is 6.61 Å². The standard InChI is InChI=1S/C23H26N2O6/c1-23(2,21(28)25-31-14-20(26)27)11-12-24-22(29)30-13-19-17-9-5-3-7-15(17)16-8-4-6-10-18(16)19/h3-10,19H,11-14H2,1-2H3,(H,24,29)(H,25,28)(H,26,27). The number of nitrogens with one attached hydrogen (secondary N) is 2. The lowest BCUT2D eigenvalue weighted by molar-refractivity contribution is -0.153. The molecule has 0 spiro atoms. The van der Waals surface area contributed by atoms with Crippen molar-refractivity contribution in [2.24, 2.45) is 5.41 Å². The van der Waals surface area contributed by atoms with E-state index in [9.17, 15) is 14.4 Å². The maximum absolute atomic E-state index is 12.2. The van der Waals surface area contributed by atoms with Crippen LogP contribution in [0.3, 0.4) is 0 Å². The van der Waals surface area contributed by atoms with Crippen LogP contribution in [-0.4, -0.2) is 42.8 Å². The number of benzene rings is 2. The van der Waals surface area contributed by atoms with E-state index >= 15 is 0 Å². The number of fused-ring (bicyclic) bond motifs is 3. The molecule has 0 radical (unpaired) electrons. The summed E-state index contributed by atoms with van der Waals surface area (Å²) in [6.45, 7) is 3.15.